The number of aryl methyl sites for hydroxylation is 1. The van der Waals surface area contributed by atoms with Crippen molar-refractivity contribution in [3.63, 3.8) is 0 Å². The third-order valence-electron chi connectivity index (χ3n) is 3.77. The van der Waals surface area contributed by atoms with E-state index >= 15 is 0 Å². The molecule has 1 aromatic carbocycles. The van der Waals surface area contributed by atoms with Gasteiger partial charge < -0.3 is 5.32 Å². The average Bonchev–Trinajstić information content (AvgIpc) is 3.24. The second kappa shape index (κ2) is 8.01. The minimum atomic E-state index is -0.314. The Bertz CT molecular complexity index is 889. The normalized spacial score (nSPS) is 12.3. The number of hydrogen-bond acceptors (Lipinski definition) is 6. The molecule has 1 unspecified atom stereocenters. The summed E-state index contributed by atoms with van der Waals surface area (Å²) < 4.78 is 2.08. The van der Waals surface area contributed by atoms with Gasteiger partial charge in [0.15, 0.2) is 16.1 Å². The molecule has 136 valence electrons. The number of anilines is 1. The number of benzene rings is 1. The Labute approximate surface area is 161 Å². The maximum Gasteiger partial charge on any atom is 0.239 e. The molecule has 26 heavy (non-hydrogen) atoms. The van der Waals surface area contributed by atoms with Crippen LogP contribution in [0, 0.1) is 6.92 Å². The van der Waals surface area contributed by atoms with Gasteiger partial charge in [-0.1, -0.05) is 35.5 Å². The molecule has 2 aromatic heterocycles. The molecule has 3 rings (SSSR count). The minimum Gasteiger partial charge on any atom is -0.301 e. The van der Waals surface area contributed by atoms with Crippen molar-refractivity contribution < 1.29 is 4.79 Å². The summed E-state index contributed by atoms with van der Waals surface area (Å²) in [6.45, 7) is 8.10. The number of nitrogens with zero attached hydrogens (tertiary/aromatic N) is 4. The second-order valence-corrected chi connectivity index (χ2v) is 8.43. The number of nitrogens with one attached hydrogen (secondary N) is 1. The first kappa shape index (κ1) is 18.6. The predicted octanol–water partition coefficient (Wildman–Crippen LogP) is 4.41. The van der Waals surface area contributed by atoms with Gasteiger partial charge in [0.05, 0.1) is 5.25 Å². The van der Waals surface area contributed by atoms with Crippen LogP contribution in [0.4, 0.5) is 5.13 Å². The van der Waals surface area contributed by atoms with Crippen molar-refractivity contribution in [2.24, 2.45) is 0 Å². The van der Waals surface area contributed by atoms with E-state index in [9.17, 15) is 4.79 Å². The molecule has 0 bridgehead atoms. The summed E-state index contributed by atoms with van der Waals surface area (Å²) >= 11 is 2.80. The predicted molar refractivity (Wildman–Crippen MR) is 107 cm³/mol. The Balaban J connectivity index is 1.82. The SMILES string of the molecule is Cc1cccc(-c2nnc(SC(C)C(=O)Nc3nccs3)n2C(C)C)c1. The first-order chi connectivity index (χ1) is 12.5. The molecule has 0 radical (unpaired) electrons. The lowest BCUT2D eigenvalue weighted by Crippen LogP contribution is -2.23. The van der Waals surface area contributed by atoms with Crippen molar-refractivity contribution in [2.45, 2.75) is 44.1 Å². The van der Waals surface area contributed by atoms with Crippen molar-refractivity contribution in [1.82, 2.24) is 19.7 Å². The molecular weight excluding hydrogens is 366 g/mol. The number of carbonyl (C=O) groups excluding carboxylic acids is 1. The van der Waals surface area contributed by atoms with E-state index in [2.05, 4.69) is 58.0 Å². The van der Waals surface area contributed by atoms with Crippen LogP contribution < -0.4 is 5.32 Å². The van der Waals surface area contributed by atoms with Crippen molar-refractivity contribution >= 4 is 34.1 Å². The molecule has 6 nitrogen and oxygen atoms in total. The molecule has 0 spiro atoms. The lowest BCUT2D eigenvalue weighted by molar-refractivity contribution is -0.115. The minimum absolute atomic E-state index is 0.0969. The molecule has 1 amide bonds. The number of carbonyl (C=O) groups is 1. The summed E-state index contributed by atoms with van der Waals surface area (Å²) in [5.41, 5.74) is 2.20. The number of rotatable bonds is 6. The summed E-state index contributed by atoms with van der Waals surface area (Å²) in [5.74, 6) is 0.721. The molecule has 0 fully saturated rings. The Hall–Kier alpha value is -2.19. The Kier molecular flexibility index (Phi) is 5.73. The zero-order valence-electron chi connectivity index (χ0n) is 15.1. The summed E-state index contributed by atoms with van der Waals surface area (Å²) in [5, 5.41) is 14.4. The van der Waals surface area contributed by atoms with E-state index in [1.165, 1.54) is 28.7 Å². The standard InChI is InChI=1S/C18H21N5OS2/c1-11(2)23-15(14-7-5-6-12(3)10-14)21-22-18(23)26-13(4)16(24)20-17-19-8-9-25-17/h5-11,13H,1-4H3,(H,19,20,24). The van der Waals surface area contributed by atoms with Gasteiger partial charge in [-0.25, -0.2) is 4.98 Å². The van der Waals surface area contributed by atoms with Gasteiger partial charge in [-0.05, 0) is 33.8 Å². The maximum atomic E-state index is 12.4. The molecule has 0 saturated carbocycles. The Morgan fingerprint density at radius 2 is 2.08 bits per heavy atom. The lowest BCUT2D eigenvalue weighted by atomic mass is 10.1. The third kappa shape index (κ3) is 4.13. The van der Waals surface area contributed by atoms with Gasteiger partial charge in [-0.3, -0.25) is 9.36 Å². The molecule has 0 aliphatic rings. The highest BCUT2D eigenvalue weighted by Gasteiger charge is 2.22. The molecule has 2 heterocycles. The Morgan fingerprint density at radius 3 is 2.73 bits per heavy atom. The van der Waals surface area contributed by atoms with Gasteiger partial charge in [0.1, 0.15) is 0 Å². The zero-order chi connectivity index (χ0) is 18.7. The van der Waals surface area contributed by atoms with E-state index in [-0.39, 0.29) is 17.2 Å². The van der Waals surface area contributed by atoms with Crippen LogP contribution in [0.25, 0.3) is 11.4 Å². The molecule has 0 aliphatic carbocycles. The van der Waals surface area contributed by atoms with E-state index in [0.29, 0.717) is 5.13 Å². The van der Waals surface area contributed by atoms with Crippen LogP contribution in [0.1, 0.15) is 32.4 Å². The lowest BCUT2D eigenvalue weighted by Gasteiger charge is -2.16. The van der Waals surface area contributed by atoms with Gasteiger partial charge in [0, 0.05) is 23.2 Å². The number of thioether (sulfide) groups is 1. The van der Waals surface area contributed by atoms with Gasteiger partial charge >= 0.3 is 0 Å². The summed E-state index contributed by atoms with van der Waals surface area (Å²) in [7, 11) is 0. The molecule has 1 atom stereocenters. The van der Waals surface area contributed by atoms with Gasteiger partial charge in [0.2, 0.25) is 5.91 Å². The van der Waals surface area contributed by atoms with Crippen LogP contribution in [0.15, 0.2) is 41.0 Å². The monoisotopic (exact) mass is 387 g/mol. The van der Waals surface area contributed by atoms with Crippen LogP contribution in [-0.2, 0) is 4.79 Å². The Morgan fingerprint density at radius 1 is 1.27 bits per heavy atom. The highest BCUT2D eigenvalue weighted by molar-refractivity contribution is 8.00. The summed E-state index contributed by atoms with van der Waals surface area (Å²) in [6, 6.07) is 8.37. The van der Waals surface area contributed by atoms with Crippen molar-refractivity contribution in [3.8, 4) is 11.4 Å². The molecular formula is C18H21N5OS2. The zero-order valence-corrected chi connectivity index (χ0v) is 16.8. The molecule has 1 N–H and O–H groups in total. The van der Waals surface area contributed by atoms with Crippen molar-refractivity contribution in [3.05, 3.63) is 41.4 Å². The highest BCUT2D eigenvalue weighted by Crippen LogP contribution is 2.30. The topological polar surface area (TPSA) is 72.7 Å². The molecule has 8 heteroatoms. The quantitative estimate of drug-likeness (QED) is 0.634. The van der Waals surface area contributed by atoms with E-state index in [1.807, 2.05) is 24.4 Å². The molecule has 0 saturated heterocycles. The largest absolute Gasteiger partial charge is 0.301 e. The van der Waals surface area contributed by atoms with Crippen LogP contribution in [-0.4, -0.2) is 30.9 Å². The highest BCUT2D eigenvalue weighted by atomic mass is 32.2. The maximum absolute atomic E-state index is 12.4. The number of aromatic nitrogens is 4. The number of amides is 1. The first-order valence-corrected chi connectivity index (χ1v) is 10.1. The van der Waals surface area contributed by atoms with Gasteiger partial charge in [0.25, 0.3) is 0 Å². The van der Waals surface area contributed by atoms with Crippen LogP contribution in [0.3, 0.4) is 0 Å². The second-order valence-electron chi connectivity index (χ2n) is 6.23. The first-order valence-electron chi connectivity index (χ1n) is 8.34. The van der Waals surface area contributed by atoms with E-state index in [1.54, 1.807) is 6.20 Å². The fourth-order valence-corrected chi connectivity index (χ4v) is 4.02. The van der Waals surface area contributed by atoms with Crippen LogP contribution >= 0.6 is 23.1 Å². The van der Waals surface area contributed by atoms with Gasteiger partial charge in [-0.2, -0.15) is 0 Å². The summed E-state index contributed by atoms with van der Waals surface area (Å²) in [6.07, 6.45) is 1.67. The molecule has 0 aliphatic heterocycles. The van der Waals surface area contributed by atoms with Crippen molar-refractivity contribution in [2.75, 3.05) is 5.32 Å². The van der Waals surface area contributed by atoms with Crippen LogP contribution in [0.2, 0.25) is 0 Å². The number of thiazole rings is 1. The fourth-order valence-electron chi connectivity index (χ4n) is 2.51. The van der Waals surface area contributed by atoms with Crippen LogP contribution in [0.5, 0.6) is 0 Å². The number of hydrogen-bond donors (Lipinski definition) is 1. The fraction of sp³-hybridized carbons (Fsp3) is 0.333. The summed E-state index contributed by atoms with van der Waals surface area (Å²) in [4.78, 5) is 16.5. The third-order valence-corrected chi connectivity index (χ3v) is 5.52. The van der Waals surface area contributed by atoms with E-state index in [4.69, 9.17) is 0 Å². The van der Waals surface area contributed by atoms with Crippen molar-refractivity contribution in [1.29, 1.82) is 0 Å². The van der Waals surface area contributed by atoms with E-state index in [0.717, 1.165) is 16.5 Å². The van der Waals surface area contributed by atoms with Gasteiger partial charge in [-0.15, -0.1) is 21.5 Å². The average molecular weight is 388 g/mol. The van der Waals surface area contributed by atoms with E-state index < -0.39 is 0 Å². The molecule has 3 aromatic rings. The smallest absolute Gasteiger partial charge is 0.239 e.